The fourth-order valence-corrected chi connectivity index (χ4v) is 1.11. The lowest BCUT2D eigenvalue weighted by atomic mass is 10.1. The fourth-order valence-electron chi connectivity index (χ4n) is 1.11. The Morgan fingerprint density at radius 1 is 1.85 bits per heavy atom. The molecule has 1 saturated heterocycles. The molecule has 72 valence electrons. The highest BCUT2D eigenvalue weighted by molar-refractivity contribution is 6.05. The van der Waals surface area contributed by atoms with Gasteiger partial charge in [0.05, 0.1) is 0 Å². The number of nitrogens with one attached hydrogen (secondary N) is 1. The Bertz CT molecular complexity index is 281. The van der Waals surface area contributed by atoms with Gasteiger partial charge in [-0.1, -0.05) is 6.90 Å². The maximum absolute atomic E-state index is 11.4. The number of amides is 3. The Morgan fingerprint density at radius 3 is 3.00 bits per heavy atom. The lowest BCUT2D eigenvalue weighted by Crippen LogP contribution is -2.42. The van der Waals surface area contributed by atoms with E-state index in [0.29, 0.717) is 0 Å². The molecule has 0 aliphatic carbocycles. The fraction of sp³-hybridized carbons (Fsp3) is 0.571. The average molecular weight is 187 g/mol. The number of hydrogen-bond donors (Lipinski definition) is 2. The van der Waals surface area contributed by atoms with Crippen LogP contribution in [0.5, 0.6) is 0 Å². The van der Waals surface area contributed by atoms with E-state index < -0.39 is 23.6 Å². The summed E-state index contributed by atoms with van der Waals surface area (Å²) in [5.74, 6) is 2.73. The molecule has 13 heavy (non-hydrogen) atoms. The molecule has 0 saturated carbocycles. The topological polar surface area (TPSA) is 92.5 Å². The van der Waals surface area contributed by atoms with Crippen molar-refractivity contribution in [3.63, 3.8) is 0 Å². The summed E-state index contributed by atoms with van der Waals surface area (Å²) in [6, 6.07) is 0. The Hall–Kier alpha value is -1.43. The van der Waals surface area contributed by atoms with Crippen molar-refractivity contribution in [3.8, 4) is 0 Å². The van der Waals surface area contributed by atoms with E-state index in [4.69, 9.17) is 7.21 Å². The lowest BCUT2D eigenvalue weighted by Gasteiger charge is -2.12. The molecule has 6 nitrogen and oxygen atoms in total. The second-order valence-electron chi connectivity index (χ2n) is 2.79. The molecule has 1 heterocycles. The SMILES string of the molecule is [3H]CC1CC(=O)N(CC(=O)NN)C1=O. The molecule has 1 unspecified atom stereocenters. The van der Waals surface area contributed by atoms with Crippen LogP contribution < -0.4 is 11.3 Å². The van der Waals surface area contributed by atoms with Gasteiger partial charge >= 0.3 is 0 Å². The van der Waals surface area contributed by atoms with Gasteiger partial charge in [-0.2, -0.15) is 0 Å². The summed E-state index contributed by atoms with van der Waals surface area (Å²) in [5.41, 5.74) is 1.83. The molecule has 3 amide bonds. The summed E-state index contributed by atoms with van der Waals surface area (Å²) in [6.07, 6.45) is 0.0141. The van der Waals surface area contributed by atoms with Crippen LogP contribution in [0.2, 0.25) is 0 Å². The van der Waals surface area contributed by atoms with Crippen molar-refractivity contribution in [2.45, 2.75) is 13.3 Å². The summed E-state index contributed by atoms with van der Waals surface area (Å²) in [6.45, 7) is -0.490. The molecule has 1 aliphatic rings. The van der Waals surface area contributed by atoms with Crippen molar-refractivity contribution >= 4 is 17.7 Å². The van der Waals surface area contributed by atoms with Gasteiger partial charge in [-0.15, -0.1) is 0 Å². The minimum Gasteiger partial charge on any atom is -0.293 e. The van der Waals surface area contributed by atoms with Gasteiger partial charge in [0.1, 0.15) is 6.54 Å². The van der Waals surface area contributed by atoms with Gasteiger partial charge in [0.2, 0.25) is 11.8 Å². The minimum absolute atomic E-state index is 0.0141. The second-order valence-corrected chi connectivity index (χ2v) is 2.79. The van der Waals surface area contributed by atoms with E-state index in [1.54, 1.807) is 0 Å². The normalized spacial score (nSPS) is 23.3. The number of carbonyl (C=O) groups excluding carboxylic acids is 3. The number of nitrogens with zero attached hydrogens (tertiary/aromatic N) is 1. The van der Waals surface area contributed by atoms with Gasteiger partial charge in [-0.05, 0) is 0 Å². The van der Waals surface area contributed by atoms with Crippen LogP contribution in [0.3, 0.4) is 0 Å². The zero-order valence-corrected chi connectivity index (χ0v) is 6.95. The lowest BCUT2D eigenvalue weighted by molar-refractivity contribution is -0.143. The van der Waals surface area contributed by atoms with Crippen molar-refractivity contribution in [3.05, 3.63) is 0 Å². The number of likely N-dealkylation sites (tertiary alicyclic amines) is 1. The average Bonchev–Trinajstić information content (AvgIpc) is 2.44. The van der Waals surface area contributed by atoms with Crippen molar-refractivity contribution in [2.75, 3.05) is 6.54 Å². The molecule has 0 radical (unpaired) electrons. The third-order valence-corrected chi connectivity index (χ3v) is 1.80. The molecule has 1 atom stereocenters. The van der Waals surface area contributed by atoms with Gasteiger partial charge in [0.15, 0.2) is 0 Å². The predicted octanol–water partition coefficient (Wildman–Crippen LogP) is -1.63. The van der Waals surface area contributed by atoms with Gasteiger partial charge < -0.3 is 0 Å². The number of imide groups is 1. The standard InChI is InChI=1S/C7H11N3O3/c1-4-2-6(12)10(7(4)13)3-5(11)9-8/h4H,2-3,8H2,1H3,(H,9,11)/i1T. The second kappa shape index (κ2) is 3.53. The largest absolute Gasteiger partial charge is 0.293 e. The molecular formula is C7H11N3O3. The van der Waals surface area contributed by atoms with Crippen LogP contribution >= 0.6 is 0 Å². The highest BCUT2D eigenvalue weighted by atomic mass is 16.2. The van der Waals surface area contributed by atoms with Crippen LogP contribution in [0, 0.1) is 5.92 Å². The Balaban J connectivity index is 2.65. The first-order chi connectivity index (χ1) is 6.60. The molecule has 0 aromatic carbocycles. The summed E-state index contributed by atoms with van der Waals surface area (Å²) in [5, 5.41) is 0. The quantitative estimate of drug-likeness (QED) is 0.235. The van der Waals surface area contributed by atoms with Crippen LogP contribution in [-0.2, 0) is 14.4 Å². The van der Waals surface area contributed by atoms with E-state index >= 15 is 0 Å². The number of rotatable bonds is 2. The van der Waals surface area contributed by atoms with E-state index in [2.05, 4.69) is 0 Å². The van der Waals surface area contributed by atoms with Crippen LogP contribution in [0.4, 0.5) is 0 Å². The molecule has 6 heteroatoms. The number of carbonyl (C=O) groups is 3. The van der Waals surface area contributed by atoms with E-state index in [-0.39, 0.29) is 19.9 Å². The third-order valence-electron chi connectivity index (χ3n) is 1.80. The van der Waals surface area contributed by atoms with Gasteiger partial charge in [-0.3, -0.25) is 24.7 Å². The smallest absolute Gasteiger partial charge is 0.254 e. The van der Waals surface area contributed by atoms with Crippen molar-refractivity contribution in [1.29, 1.82) is 0 Å². The zero-order valence-electron chi connectivity index (χ0n) is 7.95. The zero-order chi connectivity index (χ0) is 10.7. The van der Waals surface area contributed by atoms with Gasteiger partial charge in [0, 0.05) is 13.7 Å². The minimum atomic E-state index is -0.604. The highest BCUT2D eigenvalue weighted by Gasteiger charge is 2.36. The highest BCUT2D eigenvalue weighted by Crippen LogP contribution is 2.17. The maximum atomic E-state index is 11.4. The van der Waals surface area contributed by atoms with Crippen molar-refractivity contribution < 1.29 is 15.8 Å². The molecule has 0 spiro atoms. The first kappa shape index (κ1) is 8.18. The van der Waals surface area contributed by atoms with E-state index in [1.807, 2.05) is 5.43 Å². The monoisotopic (exact) mass is 187 g/mol. The number of hydrazine groups is 1. The molecule has 1 aliphatic heterocycles. The van der Waals surface area contributed by atoms with Crippen LogP contribution in [-0.4, -0.2) is 29.2 Å². The van der Waals surface area contributed by atoms with Crippen molar-refractivity contribution in [2.24, 2.45) is 11.8 Å². The molecule has 0 aromatic rings. The van der Waals surface area contributed by atoms with E-state index in [1.165, 1.54) is 0 Å². The van der Waals surface area contributed by atoms with Gasteiger partial charge in [0.25, 0.3) is 5.91 Å². The summed E-state index contributed by atoms with van der Waals surface area (Å²) < 4.78 is 7.01. The number of hydrogen-bond acceptors (Lipinski definition) is 4. The Labute approximate surface area is 76.4 Å². The molecule has 1 rings (SSSR count). The van der Waals surface area contributed by atoms with Crippen LogP contribution in [0.15, 0.2) is 0 Å². The maximum Gasteiger partial charge on any atom is 0.254 e. The molecule has 0 aromatic heterocycles. The van der Waals surface area contributed by atoms with E-state index in [9.17, 15) is 14.4 Å². The summed E-state index contributed by atoms with van der Waals surface area (Å²) >= 11 is 0. The summed E-state index contributed by atoms with van der Waals surface area (Å²) in [4.78, 5) is 34.2. The van der Waals surface area contributed by atoms with Crippen molar-refractivity contribution in [1.82, 2.24) is 10.3 Å². The molecule has 0 bridgehead atoms. The molecule has 3 N–H and O–H groups in total. The van der Waals surface area contributed by atoms with E-state index in [0.717, 1.165) is 4.90 Å². The van der Waals surface area contributed by atoms with Crippen LogP contribution in [0.25, 0.3) is 0 Å². The summed E-state index contributed by atoms with van der Waals surface area (Å²) in [7, 11) is 0. The Morgan fingerprint density at radius 2 is 2.54 bits per heavy atom. The molecular weight excluding hydrogens is 174 g/mol. The van der Waals surface area contributed by atoms with Crippen LogP contribution in [0.1, 0.15) is 14.7 Å². The van der Waals surface area contributed by atoms with Gasteiger partial charge in [-0.25, -0.2) is 5.84 Å². The Kier molecular flexibility index (Phi) is 2.22. The predicted molar refractivity (Wildman–Crippen MR) is 42.8 cm³/mol. The number of nitrogens with two attached hydrogens (primary N) is 1. The first-order valence-corrected chi connectivity index (χ1v) is 3.73. The third kappa shape index (κ3) is 1.83. The first-order valence-electron chi connectivity index (χ1n) is 4.43. The molecule has 1 fully saturated rings.